The second-order valence-corrected chi connectivity index (χ2v) is 4.54. The van der Waals surface area contributed by atoms with Crippen LogP contribution in [-0.2, 0) is 11.3 Å². The van der Waals surface area contributed by atoms with Gasteiger partial charge in [0.25, 0.3) is 0 Å². The summed E-state index contributed by atoms with van der Waals surface area (Å²) in [5.41, 5.74) is 2.06. The van der Waals surface area contributed by atoms with Crippen LogP contribution in [-0.4, -0.2) is 17.0 Å². The molecule has 0 atom stereocenters. The fourth-order valence-electron chi connectivity index (χ4n) is 1.77. The van der Waals surface area contributed by atoms with Crippen molar-refractivity contribution in [2.75, 3.05) is 0 Å². The molecule has 1 heterocycles. The topological polar surface area (TPSA) is 79.5 Å². The lowest BCUT2D eigenvalue weighted by molar-refractivity contribution is -0.116. The van der Waals surface area contributed by atoms with Gasteiger partial charge in [-0.25, -0.2) is 4.79 Å². The van der Waals surface area contributed by atoms with Crippen LogP contribution in [0.3, 0.4) is 0 Å². The number of aryl methyl sites for hydroxylation is 1. The van der Waals surface area contributed by atoms with Crippen LogP contribution in [0.15, 0.2) is 46.9 Å². The molecular weight excluding hydrogens is 270 g/mol. The van der Waals surface area contributed by atoms with Crippen LogP contribution in [0.5, 0.6) is 0 Å². The van der Waals surface area contributed by atoms with Gasteiger partial charge >= 0.3 is 5.97 Å². The standard InChI is InChI=1S/C16H15NO4/c1-11-3-2-4-12(9-11)5-8-15(18)17-10-13-6-7-14(21-13)16(19)20/h2-9H,10H2,1H3,(H,17,18)(H,19,20)/b8-5+. The molecule has 21 heavy (non-hydrogen) atoms. The second-order valence-electron chi connectivity index (χ2n) is 4.54. The number of furan rings is 1. The molecule has 1 aromatic heterocycles. The van der Waals surface area contributed by atoms with Crippen molar-refractivity contribution in [1.82, 2.24) is 5.32 Å². The second kappa shape index (κ2) is 6.56. The lowest BCUT2D eigenvalue weighted by atomic mass is 10.1. The number of hydrogen-bond acceptors (Lipinski definition) is 3. The Morgan fingerprint density at radius 1 is 1.29 bits per heavy atom. The molecule has 0 aliphatic carbocycles. The van der Waals surface area contributed by atoms with Crippen molar-refractivity contribution >= 4 is 18.0 Å². The van der Waals surface area contributed by atoms with E-state index in [0.717, 1.165) is 11.1 Å². The fourth-order valence-corrected chi connectivity index (χ4v) is 1.77. The molecule has 2 N–H and O–H groups in total. The first-order valence-electron chi connectivity index (χ1n) is 6.39. The van der Waals surface area contributed by atoms with E-state index in [1.165, 1.54) is 18.2 Å². The molecule has 5 heteroatoms. The van der Waals surface area contributed by atoms with E-state index in [9.17, 15) is 9.59 Å². The van der Waals surface area contributed by atoms with E-state index in [4.69, 9.17) is 9.52 Å². The summed E-state index contributed by atoms with van der Waals surface area (Å²) < 4.78 is 5.04. The van der Waals surface area contributed by atoms with Crippen molar-refractivity contribution in [3.8, 4) is 0 Å². The molecule has 1 amide bonds. The average Bonchev–Trinajstić information content (AvgIpc) is 2.92. The summed E-state index contributed by atoms with van der Waals surface area (Å²) in [6.45, 7) is 2.12. The number of carboxylic acids is 1. The highest BCUT2D eigenvalue weighted by Gasteiger charge is 2.08. The number of rotatable bonds is 5. The minimum Gasteiger partial charge on any atom is -0.475 e. The molecular formula is C16H15NO4. The number of carboxylic acid groups (broad SMARTS) is 1. The number of aromatic carboxylic acids is 1. The zero-order valence-corrected chi connectivity index (χ0v) is 11.5. The maximum atomic E-state index is 11.7. The van der Waals surface area contributed by atoms with Crippen LogP contribution in [0, 0.1) is 6.92 Å². The van der Waals surface area contributed by atoms with E-state index < -0.39 is 5.97 Å². The highest BCUT2D eigenvalue weighted by Crippen LogP contribution is 2.08. The number of nitrogens with one attached hydrogen (secondary N) is 1. The monoisotopic (exact) mass is 285 g/mol. The molecule has 108 valence electrons. The summed E-state index contributed by atoms with van der Waals surface area (Å²) in [5.74, 6) is -1.16. The van der Waals surface area contributed by atoms with Crippen LogP contribution >= 0.6 is 0 Å². The van der Waals surface area contributed by atoms with Crippen LogP contribution in [0.4, 0.5) is 0 Å². The molecule has 1 aromatic carbocycles. The van der Waals surface area contributed by atoms with E-state index in [1.54, 1.807) is 6.08 Å². The summed E-state index contributed by atoms with van der Waals surface area (Å²) >= 11 is 0. The van der Waals surface area contributed by atoms with Gasteiger partial charge in [0.15, 0.2) is 0 Å². The molecule has 5 nitrogen and oxygen atoms in total. The summed E-state index contributed by atoms with van der Waals surface area (Å²) in [6, 6.07) is 10.6. The number of hydrogen-bond donors (Lipinski definition) is 2. The highest BCUT2D eigenvalue weighted by atomic mass is 16.4. The lowest BCUT2D eigenvalue weighted by Crippen LogP contribution is -2.19. The first-order valence-corrected chi connectivity index (χ1v) is 6.39. The zero-order chi connectivity index (χ0) is 15.2. The largest absolute Gasteiger partial charge is 0.475 e. The number of carbonyl (C=O) groups excluding carboxylic acids is 1. The summed E-state index contributed by atoms with van der Waals surface area (Å²) in [5, 5.41) is 11.3. The van der Waals surface area contributed by atoms with Crippen LogP contribution in [0.1, 0.15) is 27.4 Å². The van der Waals surface area contributed by atoms with Gasteiger partial charge < -0.3 is 14.8 Å². The van der Waals surface area contributed by atoms with Gasteiger partial charge in [-0.1, -0.05) is 29.8 Å². The lowest BCUT2D eigenvalue weighted by Gasteiger charge is -1.99. The summed E-state index contributed by atoms with van der Waals surface area (Å²) in [6.07, 6.45) is 3.14. The maximum absolute atomic E-state index is 11.7. The third kappa shape index (κ3) is 4.35. The van der Waals surface area contributed by atoms with Crippen molar-refractivity contribution in [2.45, 2.75) is 13.5 Å². The van der Waals surface area contributed by atoms with Gasteiger partial charge in [0, 0.05) is 6.08 Å². The third-order valence-corrected chi connectivity index (χ3v) is 2.78. The molecule has 2 rings (SSSR count). The van der Waals surface area contributed by atoms with E-state index in [2.05, 4.69) is 5.32 Å². The van der Waals surface area contributed by atoms with Gasteiger partial charge in [-0.05, 0) is 30.7 Å². The Balaban J connectivity index is 1.88. The molecule has 0 aliphatic heterocycles. The molecule has 0 spiro atoms. The zero-order valence-electron chi connectivity index (χ0n) is 11.5. The van der Waals surface area contributed by atoms with Crippen LogP contribution < -0.4 is 5.32 Å². The first-order chi connectivity index (χ1) is 10.0. The highest BCUT2D eigenvalue weighted by molar-refractivity contribution is 5.91. The van der Waals surface area contributed by atoms with E-state index in [1.807, 2.05) is 31.2 Å². The van der Waals surface area contributed by atoms with Gasteiger partial charge in [-0.2, -0.15) is 0 Å². The summed E-state index contributed by atoms with van der Waals surface area (Å²) in [4.78, 5) is 22.3. The average molecular weight is 285 g/mol. The van der Waals surface area contributed by atoms with Crippen molar-refractivity contribution in [1.29, 1.82) is 0 Å². The fraction of sp³-hybridized carbons (Fsp3) is 0.125. The predicted octanol–water partition coefficient (Wildman–Crippen LogP) is 2.62. The molecule has 0 unspecified atom stereocenters. The van der Waals surface area contributed by atoms with Gasteiger partial charge in [-0.3, -0.25) is 4.79 Å². The molecule has 0 bridgehead atoms. The number of benzene rings is 1. The van der Waals surface area contributed by atoms with Gasteiger partial charge in [0.2, 0.25) is 11.7 Å². The Hall–Kier alpha value is -2.82. The minimum atomic E-state index is -1.13. The Bertz CT molecular complexity index is 685. The Morgan fingerprint density at radius 2 is 2.10 bits per heavy atom. The SMILES string of the molecule is Cc1cccc(/C=C/C(=O)NCc2ccc(C(=O)O)o2)c1. The van der Waals surface area contributed by atoms with Crippen LogP contribution in [0.25, 0.3) is 6.08 Å². The predicted molar refractivity (Wildman–Crippen MR) is 77.7 cm³/mol. The molecule has 0 fully saturated rings. The Morgan fingerprint density at radius 3 is 2.76 bits per heavy atom. The van der Waals surface area contributed by atoms with Crippen molar-refractivity contribution < 1.29 is 19.1 Å². The molecule has 2 aromatic rings. The maximum Gasteiger partial charge on any atom is 0.371 e. The molecule has 0 radical (unpaired) electrons. The van der Waals surface area contributed by atoms with Crippen molar-refractivity contribution in [3.63, 3.8) is 0 Å². The normalized spacial score (nSPS) is 10.7. The van der Waals surface area contributed by atoms with Gasteiger partial charge in [0.1, 0.15) is 5.76 Å². The number of amides is 1. The quantitative estimate of drug-likeness (QED) is 0.828. The Labute approximate surface area is 121 Å². The van der Waals surface area contributed by atoms with Crippen molar-refractivity contribution in [3.05, 3.63) is 65.1 Å². The molecule has 0 saturated carbocycles. The molecule has 0 aliphatic rings. The van der Waals surface area contributed by atoms with Crippen molar-refractivity contribution in [2.24, 2.45) is 0 Å². The third-order valence-electron chi connectivity index (χ3n) is 2.78. The summed E-state index contributed by atoms with van der Waals surface area (Å²) in [7, 11) is 0. The minimum absolute atomic E-state index is 0.143. The Kier molecular flexibility index (Phi) is 4.56. The molecule has 0 saturated heterocycles. The van der Waals surface area contributed by atoms with E-state index >= 15 is 0 Å². The van der Waals surface area contributed by atoms with E-state index in [-0.39, 0.29) is 18.2 Å². The smallest absolute Gasteiger partial charge is 0.371 e. The first kappa shape index (κ1) is 14.6. The number of carbonyl (C=O) groups is 2. The van der Waals surface area contributed by atoms with Gasteiger partial charge in [-0.15, -0.1) is 0 Å². The van der Waals surface area contributed by atoms with E-state index in [0.29, 0.717) is 5.76 Å². The van der Waals surface area contributed by atoms with Crippen LogP contribution in [0.2, 0.25) is 0 Å². The van der Waals surface area contributed by atoms with Gasteiger partial charge in [0.05, 0.1) is 6.54 Å².